The van der Waals surface area contributed by atoms with Crippen molar-refractivity contribution in [2.45, 2.75) is 19.8 Å². The van der Waals surface area contributed by atoms with Gasteiger partial charge in [0.2, 0.25) is 0 Å². The second-order valence-electron chi connectivity index (χ2n) is 5.62. The lowest BCUT2D eigenvalue weighted by Gasteiger charge is -2.29. The van der Waals surface area contributed by atoms with Gasteiger partial charge in [0.05, 0.1) is 12.0 Å². The van der Waals surface area contributed by atoms with E-state index in [1.165, 1.54) is 11.4 Å². The van der Waals surface area contributed by atoms with Gasteiger partial charge in [-0.3, -0.25) is 0 Å². The molecule has 1 aromatic heterocycles. The number of nitrogens with zero attached hydrogens (tertiary/aromatic N) is 3. The maximum absolute atomic E-state index is 4.47. The fraction of sp³-hybridized carbons (Fsp3) is 0.438. The van der Waals surface area contributed by atoms with Crippen LogP contribution in [0.4, 0.5) is 5.69 Å². The first-order chi connectivity index (χ1) is 9.74. The van der Waals surface area contributed by atoms with Gasteiger partial charge in [-0.15, -0.1) is 0 Å². The summed E-state index contributed by atoms with van der Waals surface area (Å²) < 4.78 is 2.11. The predicted molar refractivity (Wildman–Crippen MR) is 82.7 cm³/mol. The standard InChI is InChI=1S/C16H22N4/c1-13(2)16-11-20(12-18-16)15-5-3-4-14(10-15)19-8-6-17-7-9-19/h3-5,10-13,17H,6-9H2,1-2H3. The zero-order chi connectivity index (χ0) is 13.9. The van der Waals surface area contributed by atoms with E-state index in [2.05, 4.69) is 64.1 Å². The Labute approximate surface area is 120 Å². The minimum Gasteiger partial charge on any atom is -0.369 e. The third-order valence-corrected chi connectivity index (χ3v) is 3.80. The number of imidazole rings is 1. The van der Waals surface area contributed by atoms with Crippen molar-refractivity contribution in [2.75, 3.05) is 31.1 Å². The Morgan fingerprint density at radius 1 is 1.15 bits per heavy atom. The zero-order valence-corrected chi connectivity index (χ0v) is 12.2. The molecule has 0 aliphatic carbocycles. The Hall–Kier alpha value is -1.81. The quantitative estimate of drug-likeness (QED) is 0.929. The molecule has 2 heterocycles. The van der Waals surface area contributed by atoms with Gasteiger partial charge in [-0.1, -0.05) is 19.9 Å². The van der Waals surface area contributed by atoms with Crippen molar-refractivity contribution in [2.24, 2.45) is 0 Å². The lowest BCUT2D eigenvalue weighted by atomic mass is 10.1. The Morgan fingerprint density at radius 3 is 2.60 bits per heavy atom. The highest BCUT2D eigenvalue weighted by Crippen LogP contribution is 2.20. The smallest absolute Gasteiger partial charge is 0.0995 e. The van der Waals surface area contributed by atoms with Crippen molar-refractivity contribution < 1.29 is 0 Å². The van der Waals surface area contributed by atoms with Crippen LogP contribution in [0.1, 0.15) is 25.5 Å². The summed E-state index contributed by atoms with van der Waals surface area (Å²) in [6.07, 6.45) is 4.04. The number of hydrogen-bond donors (Lipinski definition) is 1. The first-order valence-electron chi connectivity index (χ1n) is 7.34. The monoisotopic (exact) mass is 270 g/mol. The molecule has 0 saturated carbocycles. The summed E-state index contributed by atoms with van der Waals surface area (Å²) >= 11 is 0. The van der Waals surface area contributed by atoms with Crippen molar-refractivity contribution in [3.63, 3.8) is 0 Å². The zero-order valence-electron chi connectivity index (χ0n) is 12.2. The molecule has 0 bridgehead atoms. The summed E-state index contributed by atoms with van der Waals surface area (Å²) in [4.78, 5) is 6.90. The van der Waals surface area contributed by atoms with E-state index in [1.54, 1.807) is 0 Å². The molecule has 1 saturated heterocycles. The number of nitrogens with one attached hydrogen (secondary N) is 1. The maximum atomic E-state index is 4.47. The third-order valence-electron chi connectivity index (χ3n) is 3.80. The SMILES string of the molecule is CC(C)c1cn(-c2cccc(N3CCNCC3)c2)cn1. The van der Waals surface area contributed by atoms with Crippen LogP contribution in [0.15, 0.2) is 36.8 Å². The summed E-state index contributed by atoms with van der Waals surface area (Å²) in [7, 11) is 0. The summed E-state index contributed by atoms with van der Waals surface area (Å²) in [6.45, 7) is 8.61. The van der Waals surface area contributed by atoms with Gasteiger partial charge in [-0.05, 0) is 24.1 Å². The van der Waals surface area contributed by atoms with Gasteiger partial charge < -0.3 is 14.8 Å². The van der Waals surface area contributed by atoms with E-state index < -0.39 is 0 Å². The van der Waals surface area contributed by atoms with E-state index in [9.17, 15) is 0 Å². The minimum atomic E-state index is 0.465. The fourth-order valence-corrected chi connectivity index (χ4v) is 2.55. The molecule has 1 N–H and O–H groups in total. The second kappa shape index (κ2) is 5.67. The van der Waals surface area contributed by atoms with Gasteiger partial charge in [0, 0.05) is 43.8 Å². The average molecular weight is 270 g/mol. The van der Waals surface area contributed by atoms with Gasteiger partial charge in [0.25, 0.3) is 0 Å². The van der Waals surface area contributed by atoms with E-state index in [1.807, 2.05) is 6.33 Å². The van der Waals surface area contributed by atoms with E-state index in [0.29, 0.717) is 5.92 Å². The van der Waals surface area contributed by atoms with Crippen LogP contribution in [0.3, 0.4) is 0 Å². The normalized spacial score (nSPS) is 15.8. The summed E-state index contributed by atoms with van der Waals surface area (Å²) in [6, 6.07) is 8.70. The van der Waals surface area contributed by atoms with Crippen LogP contribution in [0.25, 0.3) is 5.69 Å². The molecule has 1 fully saturated rings. The van der Waals surface area contributed by atoms with Crippen LogP contribution in [0.2, 0.25) is 0 Å². The van der Waals surface area contributed by atoms with Crippen LogP contribution >= 0.6 is 0 Å². The second-order valence-corrected chi connectivity index (χ2v) is 5.62. The molecule has 4 nitrogen and oxygen atoms in total. The van der Waals surface area contributed by atoms with E-state index in [-0.39, 0.29) is 0 Å². The lowest BCUT2D eigenvalue weighted by Crippen LogP contribution is -2.43. The molecule has 4 heteroatoms. The molecule has 1 aliphatic rings. The summed E-state index contributed by atoms with van der Waals surface area (Å²) in [5.41, 5.74) is 3.61. The number of piperazine rings is 1. The van der Waals surface area contributed by atoms with E-state index >= 15 is 0 Å². The van der Waals surface area contributed by atoms with Crippen molar-refractivity contribution in [1.82, 2.24) is 14.9 Å². The third kappa shape index (κ3) is 2.70. The van der Waals surface area contributed by atoms with Gasteiger partial charge in [-0.25, -0.2) is 4.98 Å². The molecular formula is C16H22N4. The van der Waals surface area contributed by atoms with Crippen molar-refractivity contribution in [1.29, 1.82) is 0 Å². The number of benzene rings is 1. The Morgan fingerprint density at radius 2 is 1.90 bits per heavy atom. The number of anilines is 1. The molecule has 2 aromatic rings. The Bertz CT molecular complexity index is 567. The highest BCUT2D eigenvalue weighted by atomic mass is 15.2. The van der Waals surface area contributed by atoms with Crippen LogP contribution < -0.4 is 10.2 Å². The molecule has 0 radical (unpaired) electrons. The molecule has 0 unspecified atom stereocenters. The van der Waals surface area contributed by atoms with Gasteiger partial charge >= 0.3 is 0 Å². The predicted octanol–water partition coefficient (Wildman–Crippen LogP) is 2.41. The van der Waals surface area contributed by atoms with E-state index in [0.717, 1.165) is 31.9 Å². The highest BCUT2D eigenvalue weighted by Gasteiger charge is 2.11. The number of aromatic nitrogens is 2. The summed E-state index contributed by atoms with van der Waals surface area (Å²) in [5.74, 6) is 0.465. The Kier molecular flexibility index (Phi) is 3.74. The molecule has 0 spiro atoms. The molecule has 106 valence electrons. The average Bonchev–Trinajstić information content (AvgIpc) is 2.98. The minimum absolute atomic E-state index is 0.465. The molecule has 1 aliphatic heterocycles. The van der Waals surface area contributed by atoms with Crippen LogP contribution in [0.5, 0.6) is 0 Å². The van der Waals surface area contributed by atoms with Crippen LogP contribution in [0, 0.1) is 0 Å². The highest BCUT2D eigenvalue weighted by molar-refractivity contribution is 5.53. The number of rotatable bonds is 3. The molecular weight excluding hydrogens is 248 g/mol. The van der Waals surface area contributed by atoms with Gasteiger partial charge in [0.1, 0.15) is 0 Å². The van der Waals surface area contributed by atoms with Crippen molar-refractivity contribution >= 4 is 5.69 Å². The van der Waals surface area contributed by atoms with Crippen molar-refractivity contribution in [3.05, 3.63) is 42.5 Å². The van der Waals surface area contributed by atoms with Gasteiger partial charge in [-0.2, -0.15) is 0 Å². The largest absolute Gasteiger partial charge is 0.369 e. The molecule has 20 heavy (non-hydrogen) atoms. The lowest BCUT2D eigenvalue weighted by molar-refractivity contribution is 0.589. The van der Waals surface area contributed by atoms with Crippen LogP contribution in [-0.2, 0) is 0 Å². The van der Waals surface area contributed by atoms with Crippen molar-refractivity contribution in [3.8, 4) is 5.69 Å². The number of hydrogen-bond acceptors (Lipinski definition) is 3. The first kappa shape index (κ1) is 13.2. The molecule has 0 amide bonds. The topological polar surface area (TPSA) is 33.1 Å². The summed E-state index contributed by atoms with van der Waals surface area (Å²) in [5, 5.41) is 3.39. The molecule has 3 rings (SSSR count). The first-order valence-corrected chi connectivity index (χ1v) is 7.34. The maximum Gasteiger partial charge on any atom is 0.0995 e. The van der Waals surface area contributed by atoms with Crippen LogP contribution in [-0.4, -0.2) is 35.7 Å². The fourth-order valence-electron chi connectivity index (χ4n) is 2.55. The van der Waals surface area contributed by atoms with E-state index in [4.69, 9.17) is 0 Å². The van der Waals surface area contributed by atoms with Gasteiger partial charge in [0.15, 0.2) is 0 Å². The molecule has 0 atom stereocenters. The molecule has 1 aromatic carbocycles. The Balaban J connectivity index is 1.86.